The average Bonchev–Trinajstić information content (AvgIpc) is 2.84. The van der Waals surface area contributed by atoms with Gasteiger partial charge in [0.1, 0.15) is 15.7 Å². The molecular formula is C17H30B3O2Y2-4. The van der Waals surface area contributed by atoms with Crippen molar-refractivity contribution in [3.63, 3.8) is 0 Å². The number of rotatable bonds is 2. The Kier molecular flexibility index (Phi) is 23.0. The van der Waals surface area contributed by atoms with Crippen LogP contribution in [0.25, 0.3) is 0 Å². The van der Waals surface area contributed by atoms with Gasteiger partial charge in [0.05, 0.1) is 0 Å². The van der Waals surface area contributed by atoms with Crippen molar-refractivity contribution in [2.75, 3.05) is 0 Å². The van der Waals surface area contributed by atoms with E-state index in [-0.39, 0.29) is 105 Å². The van der Waals surface area contributed by atoms with Gasteiger partial charge in [0.15, 0.2) is 0 Å². The Bertz CT molecular complexity index is 273. The van der Waals surface area contributed by atoms with Gasteiger partial charge in [0.2, 0.25) is 0 Å². The molecule has 24 heavy (non-hydrogen) atoms. The smallest absolute Gasteiger partial charge is 0.101 e. The third-order valence-electron chi connectivity index (χ3n) is 4.42. The van der Waals surface area contributed by atoms with Crippen LogP contribution >= 0.6 is 0 Å². The van der Waals surface area contributed by atoms with Crippen molar-refractivity contribution in [1.29, 1.82) is 0 Å². The second-order valence-corrected chi connectivity index (χ2v) is 5.71. The van der Waals surface area contributed by atoms with Crippen molar-refractivity contribution in [3.8, 4) is 0 Å². The first kappa shape index (κ1) is 33.9. The maximum atomic E-state index is 5.63. The van der Waals surface area contributed by atoms with E-state index in [1.54, 1.807) is 0 Å². The second kappa shape index (κ2) is 16.3. The molecule has 2 rings (SSSR count). The Morgan fingerprint density at radius 3 is 1.17 bits per heavy atom. The second-order valence-electron chi connectivity index (χ2n) is 5.71. The fourth-order valence-corrected chi connectivity index (χ4v) is 2.60. The van der Waals surface area contributed by atoms with Crippen molar-refractivity contribution >= 4 is 24.1 Å². The van der Waals surface area contributed by atoms with Gasteiger partial charge in [-0.15, -0.1) is 0 Å². The van der Waals surface area contributed by atoms with Gasteiger partial charge in [-0.3, -0.25) is 0 Å². The van der Waals surface area contributed by atoms with Crippen LogP contribution < -0.4 is 0 Å². The largest absolute Gasteiger partial charge is 0.555 e. The van der Waals surface area contributed by atoms with Crippen LogP contribution in [0, 0.1) is 49.7 Å². The van der Waals surface area contributed by atoms with Gasteiger partial charge in [-0.2, -0.15) is 48.7 Å². The fourth-order valence-electron chi connectivity index (χ4n) is 2.60. The topological polar surface area (TPSA) is 18.5 Å². The monoisotopic (exact) mass is 477 g/mol. The van der Waals surface area contributed by atoms with Crippen molar-refractivity contribution in [2.45, 2.75) is 60.0 Å². The maximum Gasteiger partial charge on any atom is 0.101 e. The van der Waals surface area contributed by atoms with E-state index in [0.29, 0.717) is 11.8 Å². The molecule has 0 aliphatic carbocycles. The molecule has 0 aromatic heterocycles. The minimum absolute atomic E-state index is 0. The molecule has 2 saturated heterocycles. The van der Waals surface area contributed by atoms with Crippen molar-refractivity contribution in [2.24, 2.45) is 23.7 Å². The van der Waals surface area contributed by atoms with Crippen LogP contribution in [-0.4, -0.2) is 36.1 Å². The Hall–Kier alpha value is 2.32. The summed E-state index contributed by atoms with van der Waals surface area (Å²) in [4.78, 5) is 0. The summed E-state index contributed by atoms with van der Waals surface area (Å²) in [6.07, 6.45) is 4.13. The van der Waals surface area contributed by atoms with E-state index in [1.807, 2.05) is 0 Å². The van der Waals surface area contributed by atoms with E-state index < -0.39 is 0 Å². The summed E-state index contributed by atoms with van der Waals surface area (Å²) in [5.41, 5.74) is 0. The molecule has 2 nitrogen and oxygen atoms in total. The molecule has 9 radical (unpaired) electrons. The molecule has 0 spiro atoms. The molecule has 0 bridgehead atoms. The van der Waals surface area contributed by atoms with Crippen LogP contribution in [0.2, 0.25) is 0 Å². The van der Waals surface area contributed by atoms with Gasteiger partial charge in [-0.1, -0.05) is 35.1 Å². The van der Waals surface area contributed by atoms with E-state index in [1.165, 1.54) is 0 Å². The molecule has 0 amide bonds. The van der Waals surface area contributed by atoms with Crippen molar-refractivity contribution < 1.29 is 74.9 Å². The Balaban J connectivity index is -0.000000143. The fraction of sp³-hybridized carbons (Fsp3) is 0.765. The number of hydrogen-bond acceptors (Lipinski definition) is 2. The van der Waals surface area contributed by atoms with E-state index in [2.05, 4.69) is 41.5 Å². The van der Waals surface area contributed by atoms with Gasteiger partial charge in [-0.25, -0.2) is 0 Å². The molecule has 0 aromatic carbocycles. The third-order valence-corrected chi connectivity index (χ3v) is 4.42. The Morgan fingerprint density at radius 2 is 1.08 bits per heavy atom. The van der Waals surface area contributed by atoms with Crippen LogP contribution in [0.3, 0.4) is 0 Å². The average molecular weight is 477 g/mol. The van der Waals surface area contributed by atoms with Crippen molar-refractivity contribution in [3.05, 3.63) is 26.1 Å². The van der Waals surface area contributed by atoms with Crippen LogP contribution in [0.15, 0.2) is 0 Å². The molecule has 129 valence electrons. The van der Waals surface area contributed by atoms with E-state index in [4.69, 9.17) is 25.2 Å². The Labute approximate surface area is 206 Å². The molecule has 0 saturated carbocycles. The summed E-state index contributed by atoms with van der Waals surface area (Å²) >= 11 is 0. The van der Waals surface area contributed by atoms with E-state index in [0.717, 1.165) is 25.0 Å². The molecule has 6 atom stereocenters. The Morgan fingerprint density at radius 1 is 0.833 bits per heavy atom. The van der Waals surface area contributed by atoms with Crippen LogP contribution in [0.5, 0.6) is 0 Å². The maximum absolute atomic E-state index is 5.63. The normalized spacial score (nSPS) is 35.4. The molecular weight excluding hydrogens is 446 g/mol. The van der Waals surface area contributed by atoms with Gasteiger partial charge in [-0.05, 0) is 12.0 Å². The minimum Gasteiger partial charge on any atom is -0.555 e. The quantitative estimate of drug-likeness (QED) is 0.450. The van der Waals surface area contributed by atoms with Crippen LogP contribution in [-0.2, 0) is 74.9 Å². The first-order chi connectivity index (χ1) is 9.33. The zero-order valence-electron chi connectivity index (χ0n) is 15.0. The molecule has 2 fully saturated rings. The molecule has 2 aliphatic rings. The van der Waals surface area contributed by atoms with E-state index >= 15 is 0 Å². The SMILES string of the molecule is C.[B].[B][C@@H]1O[C-](CC)C(C)C1[CH2-].[B][C@@H]1O[C-](CC)[C@@H](C)C1[CH2-].[Y].[Y]. The molecule has 3 unspecified atom stereocenters. The van der Waals surface area contributed by atoms with Gasteiger partial charge in [0.25, 0.3) is 0 Å². The van der Waals surface area contributed by atoms with Gasteiger partial charge in [0, 0.05) is 73.8 Å². The molecule has 0 N–H and O–H groups in total. The summed E-state index contributed by atoms with van der Waals surface area (Å²) in [5.74, 6) is 1.32. The third kappa shape index (κ3) is 9.01. The van der Waals surface area contributed by atoms with Crippen molar-refractivity contribution in [1.82, 2.24) is 0 Å². The zero-order valence-corrected chi connectivity index (χ0v) is 20.7. The molecule has 2 heterocycles. The standard InChI is InChI=1S/2C8H13BO.CH4.B.2Y/c2*1-4-7-5(2)6(3)8(9)10-7;;;;/h2*5-6,8H,3-4H2,1-2H3;1H4;;;/q2*-2;;;;/t5?,6?,8-;5-,6?,8+;;;;/m10..../s1. The van der Waals surface area contributed by atoms with Gasteiger partial charge >= 0.3 is 0 Å². The predicted molar refractivity (Wildman–Crippen MR) is 96.8 cm³/mol. The molecule has 2 aliphatic heterocycles. The number of hydrogen-bond donors (Lipinski definition) is 0. The summed E-state index contributed by atoms with van der Waals surface area (Å²) in [5, 5.41) is 0. The summed E-state index contributed by atoms with van der Waals surface area (Å²) in [7, 11) is 11.3. The predicted octanol–water partition coefficient (Wildman–Crippen LogP) is 3.33. The number of ether oxygens (including phenoxy) is 2. The van der Waals surface area contributed by atoms with Gasteiger partial charge < -0.3 is 23.3 Å². The minimum atomic E-state index is -0.176. The summed E-state index contributed by atoms with van der Waals surface area (Å²) < 4.78 is 10.7. The first-order valence-electron chi connectivity index (χ1n) is 7.55. The van der Waals surface area contributed by atoms with Crippen LogP contribution in [0.4, 0.5) is 0 Å². The van der Waals surface area contributed by atoms with Crippen LogP contribution in [0.1, 0.15) is 48.0 Å². The molecule has 7 heteroatoms. The first-order valence-corrected chi connectivity index (χ1v) is 7.55. The summed E-state index contributed by atoms with van der Waals surface area (Å²) in [6.45, 7) is 16.2. The zero-order chi connectivity index (χ0) is 15.4. The summed E-state index contributed by atoms with van der Waals surface area (Å²) in [6, 6.07) is -0.352. The van der Waals surface area contributed by atoms with E-state index in [9.17, 15) is 0 Å². The molecule has 0 aromatic rings.